The molecule has 0 saturated heterocycles. The highest BCUT2D eigenvalue weighted by Crippen LogP contribution is 2.13. The number of hydrogen-bond donors (Lipinski definition) is 1. The van der Waals surface area contributed by atoms with Gasteiger partial charge in [-0.05, 0) is 12.1 Å². The number of halogens is 1. The summed E-state index contributed by atoms with van der Waals surface area (Å²) in [5, 5.41) is 0. The molecule has 0 aliphatic heterocycles. The first-order valence-electron chi connectivity index (χ1n) is 4.25. The van der Waals surface area contributed by atoms with E-state index in [9.17, 15) is 9.18 Å². The zero-order valence-electron chi connectivity index (χ0n) is 8.21. The van der Waals surface area contributed by atoms with Gasteiger partial charge in [-0.2, -0.15) is 0 Å². The molecule has 0 bridgehead atoms. The Kier molecular flexibility index (Phi) is 3.69. The maximum Gasteiger partial charge on any atom is 0.317 e. The van der Waals surface area contributed by atoms with Crippen LogP contribution in [0.2, 0.25) is 0 Å². The highest BCUT2D eigenvalue weighted by atomic mass is 19.1. The minimum absolute atomic E-state index is 0.0791. The van der Waals surface area contributed by atoms with Crippen LogP contribution in [0.3, 0.4) is 0 Å². The van der Waals surface area contributed by atoms with Crippen molar-refractivity contribution in [2.24, 2.45) is 0 Å². The lowest BCUT2D eigenvalue weighted by molar-refractivity contribution is -0.139. The zero-order chi connectivity index (χ0) is 11.3. The number of ether oxygens (including phenoxy) is 1. The predicted octanol–water partition coefficient (Wildman–Crippen LogP) is 1.32. The Bertz CT molecular complexity index is 412. The van der Waals surface area contributed by atoms with E-state index >= 15 is 0 Å². The van der Waals surface area contributed by atoms with Crippen molar-refractivity contribution >= 4 is 11.7 Å². The van der Waals surface area contributed by atoms with E-state index in [1.54, 1.807) is 6.07 Å². The Labute approximate surface area is 87.0 Å². The van der Waals surface area contributed by atoms with Gasteiger partial charge in [0.2, 0.25) is 0 Å². The molecule has 0 amide bonds. The quantitative estimate of drug-likeness (QED) is 0.429. The van der Waals surface area contributed by atoms with Crippen LogP contribution < -0.4 is 5.73 Å². The lowest BCUT2D eigenvalue weighted by Gasteiger charge is -1.98. The third-order valence-electron chi connectivity index (χ3n) is 1.72. The molecule has 15 heavy (non-hydrogen) atoms. The average molecular weight is 207 g/mol. The van der Waals surface area contributed by atoms with Crippen LogP contribution in [0.1, 0.15) is 12.0 Å². The molecule has 0 radical (unpaired) electrons. The lowest BCUT2D eigenvalue weighted by atomic mass is 10.1. The number of esters is 1. The molecule has 1 aromatic rings. The molecule has 0 aliphatic rings. The average Bonchev–Trinajstić information content (AvgIpc) is 2.22. The van der Waals surface area contributed by atoms with E-state index in [4.69, 9.17) is 5.73 Å². The van der Waals surface area contributed by atoms with Crippen LogP contribution in [0.15, 0.2) is 18.2 Å². The number of anilines is 1. The number of carbonyl (C=O) groups excluding carboxylic acids is 1. The summed E-state index contributed by atoms with van der Waals surface area (Å²) in [5.74, 6) is 4.03. The first-order valence-corrected chi connectivity index (χ1v) is 4.25. The van der Waals surface area contributed by atoms with Crippen LogP contribution >= 0.6 is 0 Å². The Morgan fingerprint density at radius 1 is 1.60 bits per heavy atom. The van der Waals surface area contributed by atoms with E-state index in [2.05, 4.69) is 16.6 Å². The van der Waals surface area contributed by atoms with Crippen molar-refractivity contribution in [2.45, 2.75) is 6.42 Å². The van der Waals surface area contributed by atoms with E-state index in [0.29, 0.717) is 0 Å². The summed E-state index contributed by atoms with van der Waals surface area (Å²) in [5.41, 5.74) is 5.88. The van der Waals surface area contributed by atoms with Crippen molar-refractivity contribution in [3.8, 4) is 11.8 Å². The molecule has 0 saturated carbocycles. The Balaban J connectivity index is 2.84. The number of nitrogens with two attached hydrogens (primary N) is 1. The second-order valence-electron chi connectivity index (χ2n) is 2.76. The number of nitrogen functional groups attached to an aromatic ring is 1. The predicted molar refractivity (Wildman–Crippen MR) is 54.3 cm³/mol. The SMILES string of the molecule is COC(=O)CC#Cc1c(N)cccc1F. The maximum atomic E-state index is 13.2. The van der Waals surface area contributed by atoms with E-state index in [0.717, 1.165) is 0 Å². The molecule has 0 aliphatic carbocycles. The summed E-state index contributed by atoms with van der Waals surface area (Å²) in [6, 6.07) is 4.31. The summed E-state index contributed by atoms with van der Waals surface area (Å²) in [7, 11) is 1.27. The molecule has 78 valence electrons. The van der Waals surface area contributed by atoms with Gasteiger partial charge in [0.05, 0.1) is 18.4 Å². The summed E-state index contributed by atoms with van der Waals surface area (Å²) in [4.78, 5) is 10.7. The number of carbonyl (C=O) groups is 1. The van der Waals surface area contributed by atoms with Crippen molar-refractivity contribution in [3.63, 3.8) is 0 Å². The molecule has 1 rings (SSSR count). The second-order valence-corrected chi connectivity index (χ2v) is 2.76. The van der Waals surface area contributed by atoms with Gasteiger partial charge >= 0.3 is 5.97 Å². The van der Waals surface area contributed by atoms with Gasteiger partial charge < -0.3 is 10.5 Å². The summed E-state index contributed by atoms with van der Waals surface area (Å²) >= 11 is 0. The zero-order valence-corrected chi connectivity index (χ0v) is 8.21. The molecule has 3 nitrogen and oxygen atoms in total. The van der Waals surface area contributed by atoms with Gasteiger partial charge in [-0.15, -0.1) is 0 Å². The maximum absolute atomic E-state index is 13.2. The number of benzene rings is 1. The smallest absolute Gasteiger partial charge is 0.317 e. The third kappa shape index (κ3) is 2.99. The van der Waals surface area contributed by atoms with Crippen LogP contribution in [-0.2, 0) is 9.53 Å². The number of methoxy groups -OCH3 is 1. The Morgan fingerprint density at radius 2 is 2.33 bits per heavy atom. The molecule has 0 fully saturated rings. The van der Waals surface area contributed by atoms with Gasteiger partial charge in [0.1, 0.15) is 12.2 Å². The first-order chi connectivity index (χ1) is 7.15. The minimum Gasteiger partial charge on any atom is -0.468 e. The molecule has 0 aromatic heterocycles. The molecule has 0 heterocycles. The summed E-state index contributed by atoms with van der Waals surface area (Å²) in [6.07, 6.45) is -0.0791. The van der Waals surface area contributed by atoms with E-state index in [1.807, 2.05) is 0 Å². The van der Waals surface area contributed by atoms with Crippen molar-refractivity contribution in [1.29, 1.82) is 0 Å². The molecule has 0 spiro atoms. The minimum atomic E-state index is -0.493. The Hall–Kier alpha value is -2.02. The fourth-order valence-electron chi connectivity index (χ4n) is 0.950. The van der Waals surface area contributed by atoms with Crippen molar-refractivity contribution in [2.75, 3.05) is 12.8 Å². The van der Waals surface area contributed by atoms with Gasteiger partial charge in [-0.3, -0.25) is 4.79 Å². The van der Waals surface area contributed by atoms with Gasteiger partial charge in [0, 0.05) is 0 Å². The lowest BCUT2D eigenvalue weighted by Crippen LogP contribution is -1.98. The molecule has 4 heteroatoms. The summed E-state index contributed by atoms with van der Waals surface area (Å²) in [6.45, 7) is 0. The highest BCUT2D eigenvalue weighted by Gasteiger charge is 2.02. The standard InChI is InChI=1S/C11H10FNO2/c1-15-11(14)7-2-4-8-9(12)5-3-6-10(8)13/h3,5-6H,7,13H2,1H3. The van der Waals surface area contributed by atoms with E-state index in [-0.39, 0.29) is 17.7 Å². The molecule has 0 unspecified atom stereocenters. The van der Waals surface area contributed by atoms with Crippen LogP contribution in [0.4, 0.5) is 10.1 Å². The monoisotopic (exact) mass is 207 g/mol. The van der Waals surface area contributed by atoms with E-state index in [1.165, 1.54) is 19.2 Å². The van der Waals surface area contributed by atoms with Crippen LogP contribution in [0.25, 0.3) is 0 Å². The topological polar surface area (TPSA) is 52.3 Å². The van der Waals surface area contributed by atoms with Crippen LogP contribution in [0.5, 0.6) is 0 Å². The Morgan fingerprint density at radius 3 is 2.93 bits per heavy atom. The van der Waals surface area contributed by atoms with Crippen LogP contribution in [0, 0.1) is 17.7 Å². The second kappa shape index (κ2) is 5.01. The molecular formula is C11H10FNO2. The number of rotatable bonds is 1. The van der Waals surface area contributed by atoms with Gasteiger partial charge in [-0.1, -0.05) is 17.9 Å². The third-order valence-corrected chi connectivity index (χ3v) is 1.72. The largest absolute Gasteiger partial charge is 0.468 e. The van der Waals surface area contributed by atoms with Crippen molar-refractivity contribution in [3.05, 3.63) is 29.6 Å². The molecule has 2 N–H and O–H groups in total. The summed E-state index contributed by atoms with van der Waals surface area (Å²) < 4.78 is 17.5. The van der Waals surface area contributed by atoms with Gasteiger partial charge in [0.15, 0.2) is 0 Å². The van der Waals surface area contributed by atoms with Crippen molar-refractivity contribution in [1.82, 2.24) is 0 Å². The normalized spacial score (nSPS) is 8.93. The van der Waals surface area contributed by atoms with Crippen molar-refractivity contribution < 1.29 is 13.9 Å². The molecule has 0 atom stereocenters. The van der Waals surface area contributed by atoms with Gasteiger partial charge in [0.25, 0.3) is 0 Å². The van der Waals surface area contributed by atoms with E-state index < -0.39 is 11.8 Å². The molecule has 1 aromatic carbocycles. The first kappa shape index (κ1) is 11.1. The molecular weight excluding hydrogens is 197 g/mol. The highest BCUT2D eigenvalue weighted by molar-refractivity contribution is 5.72. The fourth-order valence-corrected chi connectivity index (χ4v) is 0.950. The van der Waals surface area contributed by atoms with Crippen LogP contribution in [-0.4, -0.2) is 13.1 Å². The number of hydrogen-bond acceptors (Lipinski definition) is 3. The fraction of sp³-hybridized carbons (Fsp3) is 0.182. The van der Waals surface area contributed by atoms with Gasteiger partial charge in [-0.25, -0.2) is 4.39 Å².